The first-order valence-corrected chi connectivity index (χ1v) is 9.34. The Labute approximate surface area is 167 Å². The number of Topliss-reactive ketones (excluding diaryl/α,β-unsaturated/α-hetero) is 1. The van der Waals surface area contributed by atoms with Crippen LogP contribution < -0.4 is 9.47 Å². The highest BCUT2D eigenvalue weighted by Gasteiger charge is 2.47. The molecule has 4 rings (SSSR count). The summed E-state index contributed by atoms with van der Waals surface area (Å²) in [6.45, 7) is 1.74. The number of carbonyl (C=O) groups is 2. The van der Waals surface area contributed by atoms with Crippen LogP contribution in [0.3, 0.4) is 0 Å². The maximum atomic E-state index is 12.8. The summed E-state index contributed by atoms with van der Waals surface area (Å²) in [5.74, 6) is -0.195. The Bertz CT molecular complexity index is 964. The van der Waals surface area contributed by atoms with Gasteiger partial charge in [-0.15, -0.1) is 0 Å². The number of rotatable bonds is 5. The van der Waals surface area contributed by atoms with Gasteiger partial charge in [-0.25, -0.2) is 0 Å². The fourth-order valence-electron chi connectivity index (χ4n) is 3.51. The number of amides is 1. The Morgan fingerprint density at radius 2 is 1.93 bits per heavy atom. The first kappa shape index (κ1) is 19.1. The molecule has 0 bridgehead atoms. The number of benzene rings is 1. The highest BCUT2D eigenvalue weighted by atomic mass is 16.6. The number of likely N-dealkylation sites (N-methyl/N-ethyl adjacent to an activating group) is 1. The molecule has 152 valence electrons. The van der Waals surface area contributed by atoms with E-state index in [0.29, 0.717) is 49.1 Å². The minimum Gasteiger partial charge on any atom is -0.507 e. The van der Waals surface area contributed by atoms with E-state index in [9.17, 15) is 14.7 Å². The predicted molar refractivity (Wildman–Crippen MR) is 104 cm³/mol. The largest absolute Gasteiger partial charge is 0.507 e. The Kier molecular flexibility index (Phi) is 5.02. The lowest BCUT2D eigenvalue weighted by molar-refractivity contribution is -0.140. The molecule has 8 heteroatoms. The molecule has 1 aromatic heterocycles. The number of hydrogen-bond acceptors (Lipinski definition) is 7. The van der Waals surface area contributed by atoms with Gasteiger partial charge in [0.25, 0.3) is 11.7 Å². The zero-order chi connectivity index (χ0) is 20.5. The zero-order valence-electron chi connectivity index (χ0n) is 16.3. The molecule has 2 aliphatic heterocycles. The number of carbonyl (C=O) groups excluding carboxylic acids is 2. The molecule has 1 amide bonds. The lowest BCUT2D eigenvalue weighted by Crippen LogP contribution is -2.35. The number of ketones is 1. The normalized spacial score (nSPS) is 20.5. The molecule has 2 aliphatic rings. The van der Waals surface area contributed by atoms with E-state index in [0.717, 1.165) is 0 Å². The van der Waals surface area contributed by atoms with E-state index >= 15 is 0 Å². The Morgan fingerprint density at radius 3 is 2.62 bits per heavy atom. The number of ether oxygens (including phenoxy) is 2. The van der Waals surface area contributed by atoms with Gasteiger partial charge in [0.2, 0.25) is 0 Å². The lowest BCUT2D eigenvalue weighted by Gasteiger charge is -2.24. The Balaban J connectivity index is 1.79. The molecule has 1 N–H and O–H groups in total. The third-order valence-corrected chi connectivity index (χ3v) is 4.96. The molecule has 1 fully saturated rings. The van der Waals surface area contributed by atoms with Gasteiger partial charge in [0.05, 0.1) is 11.8 Å². The van der Waals surface area contributed by atoms with Gasteiger partial charge in [0.15, 0.2) is 11.5 Å². The maximum Gasteiger partial charge on any atom is 0.295 e. The summed E-state index contributed by atoms with van der Waals surface area (Å²) in [6, 6.07) is 7.50. The molecule has 29 heavy (non-hydrogen) atoms. The average Bonchev–Trinajstić information content (AvgIpc) is 3.33. The van der Waals surface area contributed by atoms with Crippen LogP contribution in [0, 0.1) is 0 Å². The van der Waals surface area contributed by atoms with E-state index in [4.69, 9.17) is 13.9 Å². The standard InChI is InChI=1S/C21H22N2O6/c1-22(2)7-8-23-18(15-4-3-9-27-15)17(20(25)21(23)26)19(24)13-5-6-14-16(12-13)29-11-10-28-14/h3-6,9,12,18,24H,7-8,10-11H2,1-2H3/b19-17+/t18-/m0/s1. The second-order valence-electron chi connectivity index (χ2n) is 7.17. The SMILES string of the molecule is CN(C)CCN1C(=O)C(=O)/C(=C(/O)c2ccc3c(c2)OCCO3)[C@@H]1c1ccco1. The number of furan rings is 1. The van der Waals surface area contributed by atoms with E-state index in [1.165, 1.54) is 11.2 Å². The molecule has 2 aromatic rings. The summed E-state index contributed by atoms with van der Waals surface area (Å²) in [5, 5.41) is 11.0. The topological polar surface area (TPSA) is 92.5 Å². The first-order valence-electron chi connectivity index (χ1n) is 9.34. The van der Waals surface area contributed by atoms with Gasteiger partial charge in [-0.3, -0.25) is 9.59 Å². The van der Waals surface area contributed by atoms with E-state index in [1.807, 2.05) is 19.0 Å². The molecule has 1 atom stereocenters. The van der Waals surface area contributed by atoms with E-state index < -0.39 is 17.7 Å². The fourth-order valence-corrected chi connectivity index (χ4v) is 3.51. The summed E-state index contributed by atoms with van der Waals surface area (Å²) in [5.41, 5.74) is 0.372. The minimum atomic E-state index is -0.793. The molecular weight excluding hydrogens is 376 g/mol. The molecule has 0 aliphatic carbocycles. The highest BCUT2D eigenvalue weighted by Crippen LogP contribution is 2.41. The Morgan fingerprint density at radius 1 is 1.17 bits per heavy atom. The summed E-state index contributed by atoms with van der Waals surface area (Å²) >= 11 is 0. The van der Waals surface area contributed by atoms with Gasteiger partial charge in [-0.1, -0.05) is 0 Å². The van der Waals surface area contributed by atoms with Crippen LogP contribution in [0.25, 0.3) is 5.76 Å². The highest BCUT2D eigenvalue weighted by molar-refractivity contribution is 6.46. The second kappa shape index (κ2) is 7.63. The molecule has 1 aromatic carbocycles. The monoisotopic (exact) mass is 398 g/mol. The summed E-state index contributed by atoms with van der Waals surface area (Å²) in [6.07, 6.45) is 1.48. The van der Waals surface area contributed by atoms with Crippen molar-refractivity contribution in [2.75, 3.05) is 40.4 Å². The molecule has 8 nitrogen and oxygen atoms in total. The summed E-state index contributed by atoms with van der Waals surface area (Å²) in [4.78, 5) is 28.9. The average molecular weight is 398 g/mol. The van der Waals surface area contributed by atoms with Gasteiger partial charge in [0.1, 0.15) is 30.8 Å². The van der Waals surface area contributed by atoms with E-state index in [1.54, 1.807) is 30.3 Å². The van der Waals surface area contributed by atoms with E-state index in [2.05, 4.69) is 0 Å². The van der Waals surface area contributed by atoms with Crippen LogP contribution in [0.2, 0.25) is 0 Å². The number of likely N-dealkylation sites (tertiary alicyclic amines) is 1. The third-order valence-electron chi connectivity index (χ3n) is 4.96. The van der Waals surface area contributed by atoms with Crippen LogP contribution in [-0.2, 0) is 9.59 Å². The van der Waals surface area contributed by atoms with Gasteiger partial charge >= 0.3 is 0 Å². The maximum absolute atomic E-state index is 12.8. The zero-order valence-corrected chi connectivity index (χ0v) is 16.3. The van der Waals surface area contributed by atoms with Gasteiger partial charge in [-0.2, -0.15) is 0 Å². The minimum absolute atomic E-state index is 0.000355. The number of aliphatic hydroxyl groups is 1. The van der Waals surface area contributed by atoms with Crippen molar-refractivity contribution in [3.63, 3.8) is 0 Å². The summed E-state index contributed by atoms with van der Waals surface area (Å²) in [7, 11) is 3.77. The van der Waals surface area contributed by atoms with Crippen molar-refractivity contribution in [3.8, 4) is 11.5 Å². The number of nitrogens with zero attached hydrogens (tertiary/aromatic N) is 2. The van der Waals surface area contributed by atoms with E-state index in [-0.39, 0.29) is 11.3 Å². The van der Waals surface area contributed by atoms with Gasteiger partial charge < -0.3 is 28.8 Å². The van der Waals surface area contributed by atoms with Crippen molar-refractivity contribution in [2.24, 2.45) is 0 Å². The number of fused-ring (bicyclic) bond motifs is 1. The summed E-state index contributed by atoms with van der Waals surface area (Å²) < 4.78 is 16.6. The van der Waals surface area contributed by atoms with Gasteiger partial charge in [0, 0.05) is 18.7 Å². The van der Waals surface area contributed by atoms with Crippen LogP contribution in [0.15, 0.2) is 46.6 Å². The van der Waals surface area contributed by atoms with Crippen molar-refractivity contribution in [3.05, 3.63) is 53.5 Å². The van der Waals surface area contributed by atoms with Crippen molar-refractivity contribution in [1.82, 2.24) is 9.80 Å². The quantitative estimate of drug-likeness (QED) is 0.468. The predicted octanol–water partition coefficient (Wildman–Crippen LogP) is 2.03. The van der Waals surface area contributed by atoms with Crippen molar-refractivity contribution < 1.29 is 28.6 Å². The van der Waals surface area contributed by atoms with Crippen molar-refractivity contribution in [2.45, 2.75) is 6.04 Å². The molecular formula is C21H22N2O6. The molecule has 3 heterocycles. The van der Waals surface area contributed by atoms with Crippen molar-refractivity contribution in [1.29, 1.82) is 0 Å². The van der Waals surface area contributed by atoms with Crippen LogP contribution in [0.5, 0.6) is 11.5 Å². The van der Waals surface area contributed by atoms with Crippen LogP contribution in [0.1, 0.15) is 17.4 Å². The molecule has 0 saturated carbocycles. The molecule has 0 radical (unpaired) electrons. The van der Waals surface area contributed by atoms with Crippen molar-refractivity contribution >= 4 is 17.4 Å². The van der Waals surface area contributed by atoms with Crippen LogP contribution in [-0.4, -0.2) is 67.0 Å². The first-order chi connectivity index (χ1) is 14.0. The number of hydrogen-bond donors (Lipinski definition) is 1. The smallest absolute Gasteiger partial charge is 0.295 e. The molecule has 1 saturated heterocycles. The molecule has 0 unspecified atom stereocenters. The fraction of sp³-hybridized carbons (Fsp3) is 0.333. The Hall–Kier alpha value is -3.26. The lowest BCUT2D eigenvalue weighted by atomic mass is 9.99. The molecule has 0 spiro atoms. The van der Waals surface area contributed by atoms with Gasteiger partial charge in [-0.05, 0) is 44.4 Å². The van der Waals surface area contributed by atoms with Crippen LogP contribution in [0.4, 0.5) is 0 Å². The number of aliphatic hydroxyl groups excluding tert-OH is 1. The van der Waals surface area contributed by atoms with Crippen LogP contribution >= 0.6 is 0 Å². The third kappa shape index (κ3) is 3.47. The second-order valence-corrected chi connectivity index (χ2v) is 7.17.